The monoisotopic (exact) mass is 303 g/mol. The first-order valence-corrected chi connectivity index (χ1v) is 7.85. The van der Waals surface area contributed by atoms with Gasteiger partial charge in [-0.2, -0.15) is 0 Å². The van der Waals surface area contributed by atoms with Gasteiger partial charge in [-0.05, 0) is 42.7 Å². The molecule has 0 spiro atoms. The molecule has 0 unspecified atom stereocenters. The van der Waals surface area contributed by atoms with Crippen molar-refractivity contribution in [1.29, 1.82) is 0 Å². The van der Waals surface area contributed by atoms with Crippen LogP contribution in [0.25, 0.3) is 0 Å². The highest BCUT2D eigenvalue weighted by molar-refractivity contribution is 6.30. The Kier molecular flexibility index (Phi) is 5.94. The molecule has 21 heavy (non-hydrogen) atoms. The molecular weight excluding hydrogens is 282 g/mol. The van der Waals surface area contributed by atoms with Crippen molar-refractivity contribution in [1.82, 2.24) is 0 Å². The maximum Gasteiger partial charge on any atom is 0.124 e. The van der Waals surface area contributed by atoms with Crippen molar-refractivity contribution in [3.8, 4) is 5.75 Å². The van der Waals surface area contributed by atoms with Gasteiger partial charge in [0.2, 0.25) is 0 Å². The van der Waals surface area contributed by atoms with E-state index in [4.69, 9.17) is 16.3 Å². The van der Waals surface area contributed by atoms with Crippen LogP contribution in [0.15, 0.2) is 42.5 Å². The Morgan fingerprint density at radius 3 is 2.62 bits per heavy atom. The summed E-state index contributed by atoms with van der Waals surface area (Å²) in [5.74, 6) is 0.905. The van der Waals surface area contributed by atoms with Crippen LogP contribution >= 0.6 is 11.6 Å². The maximum absolute atomic E-state index is 6.11. The van der Waals surface area contributed by atoms with E-state index in [9.17, 15) is 0 Å². The van der Waals surface area contributed by atoms with Gasteiger partial charge < -0.3 is 10.1 Å². The van der Waals surface area contributed by atoms with Crippen LogP contribution in [-0.2, 0) is 13.0 Å². The third-order valence-corrected chi connectivity index (χ3v) is 3.59. The van der Waals surface area contributed by atoms with E-state index in [0.717, 1.165) is 35.8 Å². The average Bonchev–Trinajstić information content (AvgIpc) is 2.52. The fourth-order valence-electron chi connectivity index (χ4n) is 2.23. The summed E-state index contributed by atoms with van der Waals surface area (Å²) in [5.41, 5.74) is 3.57. The molecule has 0 heterocycles. The van der Waals surface area contributed by atoms with Gasteiger partial charge in [0.05, 0.1) is 6.61 Å². The quantitative estimate of drug-likeness (QED) is 0.749. The van der Waals surface area contributed by atoms with E-state index in [1.54, 1.807) is 0 Å². The van der Waals surface area contributed by atoms with Crippen molar-refractivity contribution in [3.63, 3.8) is 0 Å². The highest BCUT2D eigenvalue weighted by atomic mass is 35.5. The minimum Gasteiger partial charge on any atom is -0.493 e. The SMILES string of the molecule is CCCOc1ccc(Cl)cc1CNc1ccccc1CC. The lowest BCUT2D eigenvalue weighted by Crippen LogP contribution is -2.05. The molecule has 0 fully saturated rings. The summed E-state index contributed by atoms with van der Waals surface area (Å²) in [6.45, 7) is 5.69. The number of rotatable bonds is 7. The topological polar surface area (TPSA) is 21.3 Å². The second kappa shape index (κ2) is 7.94. The number of nitrogens with one attached hydrogen (secondary N) is 1. The number of hydrogen-bond acceptors (Lipinski definition) is 2. The number of anilines is 1. The lowest BCUT2D eigenvalue weighted by Gasteiger charge is -2.14. The predicted octanol–water partition coefficient (Wildman–Crippen LogP) is 5.30. The van der Waals surface area contributed by atoms with E-state index in [1.165, 1.54) is 11.3 Å². The van der Waals surface area contributed by atoms with E-state index in [-0.39, 0.29) is 0 Å². The number of para-hydroxylation sites is 1. The van der Waals surface area contributed by atoms with Crippen LogP contribution in [-0.4, -0.2) is 6.61 Å². The first-order valence-electron chi connectivity index (χ1n) is 7.47. The minimum atomic E-state index is 0.705. The van der Waals surface area contributed by atoms with Gasteiger partial charge in [0.25, 0.3) is 0 Å². The smallest absolute Gasteiger partial charge is 0.124 e. The molecule has 0 atom stereocenters. The van der Waals surface area contributed by atoms with Crippen LogP contribution in [0.3, 0.4) is 0 Å². The van der Waals surface area contributed by atoms with Crippen LogP contribution < -0.4 is 10.1 Å². The molecule has 0 aliphatic heterocycles. The standard InChI is InChI=1S/C18H22ClNO/c1-3-11-21-18-10-9-16(19)12-15(18)13-20-17-8-6-5-7-14(17)4-2/h5-10,12,20H,3-4,11,13H2,1-2H3. The number of benzene rings is 2. The lowest BCUT2D eigenvalue weighted by molar-refractivity contribution is 0.314. The largest absolute Gasteiger partial charge is 0.493 e. The predicted molar refractivity (Wildman–Crippen MR) is 90.4 cm³/mol. The fourth-order valence-corrected chi connectivity index (χ4v) is 2.43. The Bertz CT molecular complexity index is 583. The molecule has 0 saturated carbocycles. The Morgan fingerprint density at radius 1 is 1.05 bits per heavy atom. The molecule has 0 aromatic heterocycles. The molecule has 2 nitrogen and oxygen atoms in total. The van der Waals surface area contributed by atoms with Crippen molar-refractivity contribution >= 4 is 17.3 Å². The van der Waals surface area contributed by atoms with E-state index in [1.807, 2.05) is 24.3 Å². The van der Waals surface area contributed by atoms with Gasteiger partial charge in [-0.1, -0.05) is 43.6 Å². The van der Waals surface area contributed by atoms with Gasteiger partial charge in [-0.15, -0.1) is 0 Å². The van der Waals surface area contributed by atoms with Gasteiger partial charge in [-0.3, -0.25) is 0 Å². The van der Waals surface area contributed by atoms with Gasteiger partial charge in [0.1, 0.15) is 5.75 Å². The first-order chi connectivity index (χ1) is 10.2. The highest BCUT2D eigenvalue weighted by Gasteiger charge is 2.06. The molecule has 2 rings (SSSR count). The minimum absolute atomic E-state index is 0.705. The molecule has 2 aromatic carbocycles. The summed E-state index contributed by atoms with van der Waals surface area (Å²) in [6.07, 6.45) is 2.01. The fraction of sp³-hybridized carbons (Fsp3) is 0.333. The van der Waals surface area contributed by atoms with Gasteiger partial charge in [0.15, 0.2) is 0 Å². The molecule has 0 aliphatic rings. The Labute approximate surface area is 132 Å². The normalized spacial score (nSPS) is 10.4. The third-order valence-electron chi connectivity index (χ3n) is 3.35. The van der Waals surface area contributed by atoms with E-state index in [0.29, 0.717) is 6.54 Å². The van der Waals surface area contributed by atoms with Crippen LogP contribution in [0.1, 0.15) is 31.4 Å². The summed E-state index contributed by atoms with van der Waals surface area (Å²) in [5, 5.41) is 4.22. The van der Waals surface area contributed by atoms with Gasteiger partial charge in [0, 0.05) is 22.8 Å². The first kappa shape index (κ1) is 15.7. The Balaban J connectivity index is 2.13. The molecule has 0 radical (unpaired) electrons. The molecule has 1 N–H and O–H groups in total. The van der Waals surface area contributed by atoms with Crippen molar-refractivity contribution in [3.05, 3.63) is 58.6 Å². The average molecular weight is 304 g/mol. The van der Waals surface area contributed by atoms with Gasteiger partial charge in [-0.25, -0.2) is 0 Å². The summed E-state index contributed by atoms with van der Waals surface area (Å²) >= 11 is 6.11. The van der Waals surface area contributed by atoms with Crippen LogP contribution in [0, 0.1) is 0 Å². The van der Waals surface area contributed by atoms with Crippen molar-refractivity contribution in [2.75, 3.05) is 11.9 Å². The zero-order valence-electron chi connectivity index (χ0n) is 12.7. The highest BCUT2D eigenvalue weighted by Crippen LogP contribution is 2.25. The third kappa shape index (κ3) is 4.40. The zero-order valence-corrected chi connectivity index (χ0v) is 13.4. The molecule has 0 amide bonds. The molecule has 0 saturated heterocycles. The van der Waals surface area contributed by atoms with Crippen molar-refractivity contribution < 1.29 is 4.74 Å². The second-order valence-electron chi connectivity index (χ2n) is 4.96. The summed E-state index contributed by atoms with van der Waals surface area (Å²) in [7, 11) is 0. The maximum atomic E-state index is 6.11. The van der Waals surface area contributed by atoms with Crippen LogP contribution in [0.2, 0.25) is 5.02 Å². The number of ether oxygens (including phenoxy) is 1. The zero-order chi connectivity index (χ0) is 15.1. The molecule has 3 heteroatoms. The molecule has 2 aromatic rings. The van der Waals surface area contributed by atoms with Crippen LogP contribution in [0.5, 0.6) is 5.75 Å². The molecule has 0 aliphatic carbocycles. The van der Waals surface area contributed by atoms with E-state index < -0.39 is 0 Å². The van der Waals surface area contributed by atoms with Crippen molar-refractivity contribution in [2.45, 2.75) is 33.2 Å². The molecular formula is C18H22ClNO. The Morgan fingerprint density at radius 2 is 1.86 bits per heavy atom. The number of halogens is 1. The summed E-state index contributed by atoms with van der Waals surface area (Å²) in [4.78, 5) is 0. The van der Waals surface area contributed by atoms with Crippen molar-refractivity contribution in [2.24, 2.45) is 0 Å². The Hall–Kier alpha value is -1.67. The second-order valence-corrected chi connectivity index (χ2v) is 5.40. The lowest BCUT2D eigenvalue weighted by atomic mass is 10.1. The number of hydrogen-bond donors (Lipinski definition) is 1. The van der Waals surface area contributed by atoms with E-state index >= 15 is 0 Å². The summed E-state index contributed by atoms with van der Waals surface area (Å²) in [6, 6.07) is 14.2. The number of aryl methyl sites for hydroxylation is 1. The van der Waals surface area contributed by atoms with E-state index in [2.05, 4.69) is 37.4 Å². The molecule has 112 valence electrons. The summed E-state index contributed by atoms with van der Waals surface area (Å²) < 4.78 is 5.79. The van der Waals surface area contributed by atoms with Gasteiger partial charge >= 0.3 is 0 Å². The van der Waals surface area contributed by atoms with Crippen LogP contribution in [0.4, 0.5) is 5.69 Å². The molecule has 0 bridgehead atoms.